The summed E-state index contributed by atoms with van der Waals surface area (Å²) in [5, 5.41) is 4.59. The zero-order valence-electron chi connectivity index (χ0n) is 13.7. The van der Waals surface area contributed by atoms with Crippen LogP contribution in [-0.2, 0) is 0 Å². The normalized spacial score (nSPS) is 16.5. The summed E-state index contributed by atoms with van der Waals surface area (Å²) in [6.07, 6.45) is 2.50. The number of anilines is 2. The molecule has 0 aliphatic carbocycles. The molecule has 5 heteroatoms. The van der Waals surface area contributed by atoms with Gasteiger partial charge in [0.15, 0.2) is 0 Å². The maximum absolute atomic E-state index is 4.82. The number of benzene rings is 1. The van der Waals surface area contributed by atoms with Crippen molar-refractivity contribution in [1.29, 1.82) is 0 Å². The van der Waals surface area contributed by atoms with E-state index in [0.29, 0.717) is 6.04 Å². The minimum atomic E-state index is 0.308. The van der Waals surface area contributed by atoms with Crippen molar-refractivity contribution in [2.45, 2.75) is 25.8 Å². The summed E-state index contributed by atoms with van der Waals surface area (Å²) in [5.74, 6) is 1.80. The van der Waals surface area contributed by atoms with Gasteiger partial charge in [0.2, 0.25) is 5.95 Å². The largest absolute Gasteiger partial charge is 0.356 e. The van der Waals surface area contributed by atoms with Crippen LogP contribution in [0.1, 0.15) is 19.8 Å². The zero-order chi connectivity index (χ0) is 15.5. The number of hydrogen-bond donors (Lipinski definition) is 1. The Kier molecular flexibility index (Phi) is 4.43. The molecule has 22 heavy (non-hydrogen) atoms. The highest BCUT2D eigenvalue weighted by molar-refractivity contribution is 5.90. The monoisotopic (exact) mass is 299 g/mol. The third-order valence-electron chi connectivity index (χ3n) is 4.00. The van der Waals surface area contributed by atoms with E-state index in [1.165, 1.54) is 12.8 Å². The second kappa shape index (κ2) is 6.48. The molecule has 1 aromatic heterocycles. The van der Waals surface area contributed by atoms with Crippen LogP contribution in [0.15, 0.2) is 24.3 Å². The number of fused-ring (bicyclic) bond motifs is 1. The van der Waals surface area contributed by atoms with Gasteiger partial charge in [-0.1, -0.05) is 12.1 Å². The van der Waals surface area contributed by atoms with Gasteiger partial charge in [-0.05, 0) is 46.0 Å². The lowest BCUT2D eigenvalue weighted by Gasteiger charge is -2.22. The Morgan fingerprint density at radius 1 is 1.18 bits per heavy atom. The Bertz CT molecular complexity index is 634. The van der Waals surface area contributed by atoms with Crippen LogP contribution in [0, 0.1) is 0 Å². The first-order valence-corrected chi connectivity index (χ1v) is 8.06. The SMILES string of the molecule is CC(CN(C)C)Nc1nc(N2CCCC2)c2ccccc2n1. The maximum Gasteiger partial charge on any atom is 0.225 e. The molecule has 1 aromatic carbocycles. The van der Waals surface area contributed by atoms with Crippen LogP contribution in [0.5, 0.6) is 0 Å². The fourth-order valence-corrected chi connectivity index (χ4v) is 3.11. The van der Waals surface area contributed by atoms with E-state index in [1.807, 2.05) is 6.07 Å². The van der Waals surface area contributed by atoms with Crippen LogP contribution in [0.25, 0.3) is 10.9 Å². The number of nitrogens with zero attached hydrogens (tertiary/aromatic N) is 4. The van der Waals surface area contributed by atoms with Crippen molar-refractivity contribution < 1.29 is 0 Å². The average molecular weight is 299 g/mol. The van der Waals surface area contributed by atoms with E-state index >= 15 is 0 Å². The fourth-order valence-electron chi connectivity index (χ4n) is 3.11. The molecule has 0 saturated carbocycles. The number of nitrogens with one attached hydrogen (secondary N) is 1. The van der Waals surface area contributed by atoms with Crippen LogP contribution in [0.3, 0.4) is 0 Å². The Morgan fingerprint density at radius 2 is 1.91 bits per heavy atom. The van der Waals surface area contributed by atoms with Crippen LogP contribution >= 0.6 is 0 Å². The van der Waals surface area contributed by atoms with Gasteiger partial charge in [-0.2, -0.15) is 4.98 Å². The predicted octanol–water partition coefficient (Wildman–Crippen LogP) is 2.59. The molecule has 2 aromatic rings. The maximum atomic E-state index is 4.82. The Morgan fingerprint density at radius 3 is 2.64 bits per heavy atom. The van der Waals surface area contributed by atoms with Crippen LogP contribution < -0.4 is 10.2 Å². The second-order valence-electron chi connectivity index (χ2n) is 6.39. The van der Waals surface area contributed by atoms with E-state index in [1.54, 1.807) is 0 Å². The lowest BCUT2D eigenvalue weighted by molar-refractivity contribution is 0.391. The molecular formula is C17H25N5. The van der Waals surface area contributed by atoms with E-state index < -0.39 is 0 Å². The Balaban J connectivity index is 1.93. The smallest absolute Gasteiger partial charge is 0.225 e. The first-order valence-electron chi connectivity index (χ1n) is 8.06. The molecular weight excluding hydrogens is 274 g/mol. The molecule has 1 aliphatic rings. The van der Waals surface area contributed by atoms with Gasteiger partial charge in [0, 0.05) is 31.1 Å². The topological polar surface area (TPSA) is 44.3 Å². The molecule has 0 bridgehead atoms. The second-order valence-corrected chi connectivity index (χ2v) is 6.39. The summed E-state index contributed by atoms with van der Waals surface area (Å²) in [6, 6.07) is 8.60. The Labute approximate surface area is 132 Å². The number of para-hydroxylation sites is 1. The lowest BCUT2D eigenvalue weighted by atomic mass is 10.2. The van der Waals surface area contributed by atoms with E-state index in [4.69, 9.17) is 4.98 Å². The molecule has 5 nitrogen and oxygen atoms in total. The van der Waals surface area contributed by atoms with Crippen molar-refractivity contribution in [3.8, 4) is 0 Å². The molecule has 1 aliphatic heterocycles. The standard InChI is InChI=1S/C17H25N5/c1-13(12-21(2)3)18-17-19-15-9-5-4-8-14(15)16(20-17)22-10-6-7-11-22/h4-5,8-9,13H,6-7,10-12H2,1-3H3,(H,18,19,20). The van der Waals surface area contributed by atoms with Gasteiger partial charge in [0.25, 0.3) is 0 Å². The molecule has 1 N–H and O–H groups in total. The molecule has 1 fully saturated rings. The summed E-state index contributed by atoms with van der Waals surface area (Å²) in [4.78, 5) is 14.1. The molecule has 1 unspecified atom stereocenters. The Hall–Kier alpha value is -1.88. The summed E-state index contributed by atoms with van der Waals surface area (Å²) >= 11 is 0. The van der Waals surface area contributed by atoms with Gasteiger partial charge in [-0.15, -0.1) is 0 Å². The first kappa shape index (κ1) is 15.0. The number of rotatable bonds is 5. The van der Waals surface area contributed by atoms with Crippen molar-refractivity contribution in [1.82, 2.24) is 14.9 Å². The van der Waals surface area contributed by atoms with Gasteiger partial charge in [0.05, 0.1) is 5.52 Å². The highest BCUT2D eigenvalue weighted by atomic mass is 15.2. The van der Waals surface area contributed by atoms with E-state index in [9.17, 15) is 0 Å². The predicted molar refractivity (Wildman–Crippen MR) is 92.6 cm³/mol. The van der Waals surface area contributed by atoms with Gasteiger partial charge >= 0.3 is 0 Å². The van der Waals surface area contributed by atoms with Gasteiger partial charge in [-0.25, -0.2) is 4.98 Å². The van der Waals surface area contributed by atoms with E-state index in [-0.39, 0.29) is 0 Å². The summed E-state index contributed by atoms with van der Waals surface area (Å²) in [6.45, 7) is 5.30. The van der Waals surface area contributed by atoms with Crippen LogP contribution in [0.4, 0.5) is 11.8 Å². The highest BCUT2D eigenvalue weighted by Crippen LogP contribution is 2.28. The molecule has 0 radical (unpaired) electrons. The first-order chi connectivity index (χ1) is 10.6. The zero-order valence-corrected chi connectivity index (χ0v) is 13.7. The summed E-state index contributed by atoms with van der Waals surface area (Å²) in [7, 11) is 4.16. The number of likely N-dealkylation sites (N-methyl/N-ethyl adjacent to an activating group) is 1. The fraction of sp³-hybridized carbons (Fsp3) is 0.529. The third-order valence-corrected chi connectivity index (χ3v) is 4.00. The van der Waals surface area contributed by atoms with Crippen molar-refractivity contribution in [3.05, 3.63) is 24.3 Å². The lowest BCUT2D eigenvalue weighted by Crippen LogP contribution is -2.30. The van der Waals surface area contributed by atoms with E-state index in [0.717, 1.165) is 42.3 Å². The quantitative estimate of drug-likeness (QED) is 0.919. The molecule has 2 heterocycles. The average Bonchev–Trinajstić information content (AvgIpc) is 2.99. The number of hydrogen-bond acceptors (Lipinski definition) is 5. The molecule has 1 saturated heterocycles. The number of aromatic nitrogens is 2. The minimum Gasteiger partial charge on any atom is -0.356 e. The third kappa shape index (κ3) is 3.30. The highest BCUT2D eigenvalue weighted by Gasteiger charge is 2.18. The summed E-state index contributed by atoms with van der Waals surface area (Å²) in [5.41, 5.74) is 1.01. The van der Waals surface area contributed by atoms with Crippen molar-refractivity contribution in [2.24, 2.45) is 0 Å². The summed E-state index contributed by atoms with van der Waals surface area (Å²) < 4.78 is 0. The van der Waals surface area contributed by atoms with Crippen LogP contribution in [-0.4, -0.2) is 54.6 Å². The molecule has 0 spiro atoms. The minimum absolute atomic E-state index is 0.308. The van der Waals surface area contributed by atoms with Crippen molar-refractivity contribution >= 4 is 22.7 Å². The van der Waals surface area contributed by atoms with Crippen molar-refractivity contribution in [3.63, 3.8) is 0 Å². The van der Waals surface area contributed by atoms with E-state index in [2.05, 4.69) is 59.3 Å². The molecule has 1 atom stereocenters. The molecule has 0 amide bonds. The molecule has 118 valence electrons. The van der Waals surface area contributed by atoms with Crippen LogP contribution in [0.2, 0.25) is 0 Å². The van der Waals surface area contributed by atoms with Gasteiger partial charge in [0.1, 0.15) is 5.82 Å². The van der Waals surface area contributed by atoms with Gasteiger partial charge in [-0.3, -0.25) is 0 Å². The molecule has 3 rings (SSSR count). The van der Waals surface area contributed by atoms with Crippen molar-refractivity contribution in [2.75, 3.05) is 43.9 Å². The van der Waals surface area contributed by atoms with Gasteiger partial charge < -0.3 is 15.1 Å².